The van der Waals surface area contributed by atoms with E-state index in [0.717, 1.165) is 39.3 Å². The summed E-state index contributed by atoms with van der Waals surface area (Å²) in [6.07, 6.45) is 0.774. The number of para-hydroxylation sites is 1. The highest BCUT2D eigenvalue weighted by atomic mass is 32.1. The molecule has 1 heterocycles. The highest BCUT2D eigenvalue weighted by Gasteiger charge is 2.08. The third kappa shape index (κ3) is 5.69. The van der Waals surface area contributed by atoms with E-state index in [4.69, 9.17) is 17.0 Å². The van der Waals surface area contributed by atoms with Crippen molar-refractivity contribution in [2.45, 2.75) is 20.3 Å². The first-order valence-corrected chi connectivity index (χ1v) is 11.4. The molecule has 3 aromatic carbocycles. The summed E-state index contributed by atoms with van der Waals surface area (Å²) in [7, 11) is 0. The van der Waals surface area contributed by atoms with Gasteiger partial charge in [-0.05, 0) is 67.5 Å². The van der Waals surface area contributed by atoms with Crippen molar-refractivity contribution >= 4 is 50.5 Å². The van der Waals surface area contributed by atoms with Crippen molar-refractivity contribution in [3.05, 3.63) is 88.4 Å². The number of anilines is 1. The highest BCUT2D eigenvalue weighted by Crippen LogP contribution is 2.24. The predicted molar refractivity (Wildman–Crippen MR) is 135 cm³/mol. The van der Waals surface area contributed by atoms with Gasteiger partial charge in [0.25, 0.3) is 5.91 Å². The Bertz CT molecular complexity index is 1230. The summed E-state index contributed by atoms with van der Waals surface area (Å²) in [4.78, 5) is 16.8. The summed E-state index contributed by atoms with van der Waals surface area (Å²) < 4.78 is 6.79. The van der Waals surface area contributed by atoms with Gasteiger partial charge in [-0.15, -0.1) is 11.3 Å². The number of aryl methyl sites for hydroxylation is 2. The van der Waals surface area contributed by atoms with E-state index in [1.165, 1.54) is 4.70 Å². The maximum absolute atomic E-state index is 12.2. The van der Waals surface area contributed by atoms with Crippen LogP contribution >= 0.6 is 23.6 Å². The molecule has 0 spiro atoms. The van der Waals surface area contributed by atoms with Crippen LogP contribution in [0.1, 0.15) is 21.7 Å². The molecule has 0 fully saturated rings. The summed E-state index contributed by atoms with van der Waals surface area (Å²) in [5.74, 6) is 0.378. The fourth-order valence-corrected chi connectivity index (χ4v) is 4.54. The Morgan fingerprint density at radius 1 is 1.06 bits per heavy atom. The van der Waals surface area contributed by atoms with E-state index in [0.29, 0.717) is 5.75 Å². The van der Waals surface area contributed by atoms with E-state index in [9.17, 15) is 4.79 Å². The average Bonchev–Trinajstić information content (AvgIpc) is 3.17. The Kier molecular flexibility index (Phi) is 6.78. The van der Waals surface area contributed by atoms with E-state index >= 15 is 0 Å². The smallest absolute Gasteiger partial charge is 0.264 e. The standard InChI is InChI=1S/C25H23N3O2S2/c1-16-7-12-21(17(2)13-16)30-15-23(29)28-25(31)26-19-10-8-18(9-11-19)14-24-27-20-5-3-4-6-22(20)32-24/h3-13H,14-15H2,1-2H3,(H2,26,28,29,31). The normalized spacial score (nSPS) is 10.7. The first-order valence-electron chi connectivity index (χ1n) is 10.2. The predicted octanol–water partition coefficient (Wildman–Crippen LogP) is 5.40. The molecular weight excluding hydrogens is 438 g/mol. The second-order valence-electron chi connectivity index (χ2n) is 7.51. The van der Waals surface area contributed by atoms with Crippen LogP contribution in [0.4, 0.5) is 5.69 Å². The molecule has 0 saturated carbocycles. The SMILES string of the molecule is Cc1ccc(OCC(=O)NC(=S)Nc2ccc(Cc3nc4ccccc4s3)cc2)c(C)c1. The lowest BCUT2D eigenvalue weighted by Gasteiger charge is -2.12. The van der Waals surface area contributed by atoms with E-state index in [1.54, 1.807) is 11.3 Å². The number of carbonyl (C=O) groups is 1. The van der Waals surface area contributed by atoms with E-state index in [2.05, 4.69) is 21.7 Å². The van der Waals surface area contributed by atoms with Gasteiger partial charge in [0, 0.05) is 12.1 Å². The number of thiazole rings is 1. The summed E-state index contributed by atoms with van der Waals surface area (Å²) in [6, 6.07) is 21.9. The zero-order valence-corrected chi connectivity index (χ0v) is 19.5. The monoisotopic (exact) mass is 461 g/mol. The van der Waals surface area contributed by atoms with Gasteiger partial charge in [0.2, 0.25) is 0 Å². The van der Waals surface area contributed by atoms with Crippen LogP contribution < -0.4 is 15.4 Å². The summed E-state index contributed by atoms with van der Waals surface area (Å²) in [5.41, 5.74) is 5.14. The van der Waals surface area contributed by atoms with Crippen LogP contribution in [0.3, 0.4) is 0 Å². The van der Waals surface area contributed by atoms with Gasteiger partial charge in [-0.25, -0.2) is 4.98 Å². The molecule has 32 heavy (non-hydrogen) atoms. The average molecular weight is 462 g/mol. The summed E-state index contributed by atoms with van der Waals surface area (Å²) >= 11 is 6.97. The van der Waals surface area contributed by atoms with Crippen molar-refractivity contribution < 1.29 is 9.53 Å². The molecule has 4 rings (SSSR count). The van der Waals surface area contributed by atoms with Gasteiger partial charge in [-0.2, -0.15) is 0 Å². The molecule has 1 aromatic heterocycles. The molecule has 5 nitrogen and oxygen atoms in total. The lowest BCUT2D eigenvalue weighted by atomic mass is 10.1. The Morgan fingerprint density at radius 3 is 2.59 bits per heavy atom. The van der Waals surface area contributed by atoms with E-state index < -0.39 is 0 Å². The molecule has 0 saturated heterocycles. The van der Waals surface area contributed by atoms with E-state index in [1.807, 2.05) is 74.5 Å². The molecule has 4 aromatic rings. The largest absolute Gasteiger partial charge is 0.483 e. The number of ether oxygens (including phenoxy) is 1. The third-order valence-electron chi connectivity index (χ3n) is 4.85. The van der Waals surface area contributed by atoms with Crippen LogP contribution in [0.15, 0.2) is 66.7 Å². The van der Waals surface area contributed by atoms with Gasteiger partial charge < -0.3 is 10.1 Å². The minimum absolute atomic E-state index is 0.104. The number of benzene rings is 3. The number of hydrogen-bond acceptors (Lipinski definition) is 5. The van der Waals surface area contributed by atoms with Gasteiger partial charge in [0.15, 0.2) is 11.7 Å². The quantitative estimate of drug-likeness (QED) is 0.377. The number of amides is 1. The molecule has 1 amide bonds. The number of thiocarbonyl (C=S) groups is 1. The molecular formula is C25H23N3O2S2. The molecule has 0 atom stereocenters. The maximum atomic E-state index is 12.2. The zero-order valence-electron chi connectivity index (χ0n) is 17.8. The second-order valence-corrected chi connectivity index (χ2v) is 9.03. The molecule has 0 unspecified atom stereocenters. The van der Waals surface area contributed by atoms with E-state index in [-0.39, 0.29) is 17.6 Å². The number of hydrogen-bond donors (Lipinski definition) is 2. The number of rotatable bonds is 6. The van der Waals surface area contributed by atoms with Crippen LogP contribution in [0.25, 0.3) is 10.2 Å². The van der Waals surface area contributed by atoms with Gasteiger partial charge in [-0.3, -0.25) is 10.1 Å². The fraction of sp³-hybridized carbons (Fsp3) is 0.160. The zero-order chi connectivity index (χ0) is 22.5. The Hall–Kier alpha value is -3.29. The molecule has 0 aliphatic heterocycles. The number of nitrogens with zero attached hydrogens (tertiary/aromatic N) is 1. The van der Waals surface area contributed by atoms with Crippen molar-refractivity contribution in [1.82, 2.24) is 10.3 Å². The molecule has 162 valence electrons. The molecule has 0 bridgehead atoms. The Morgan fingerprint density at radius 2 is 1.84 bits per heavy atom. The fourth-order valence-electron chi connectivity index (χ4n) is 3.31. The summed E-state index contributed by atoms with van der Waals surface area (Å²) in [5, 5.41) is 7.00. The number of fused-ring (bicyclic) bond motifs is 1. The first kappa shape index (κ1) is 21.9. The van der Waals surface area contributed by atoms with Crippen molar-refractivity contribution in [3.63, 3.8) is 0 Å². The number of aromatic nitrogens is 1. The van der Waals surface area contributed by atoms with Gasteiger partial charge in [-0.1, -0.05) is 42.0 Å². The second kappa shape index (κ2) is 9.89. The van der Waals surface area contributed by atoms with Crippen LogP contribution in [0.5, 0.6) is 5.75 Å². The molecule has 0 radical (unpaired) electrons. The number of carbonyl (C=O) groups excluding carboxylic acids is 1. The number of nitrogens with one attached hydrogen (secondary N) is 2. The van der Waals surface area contributed by atoms with Crippen molar-refractivity contribution in [2.24, 2.45) is 0 Å². The minimum Gasteiger partial charge on any atom is -0.483 e. The van der Waals surface area contributed by atoms with Crippen LogP contribution in [0.2, 0.25) is 0 Å². The lowest BCUT2D eigenvalue weighted by molar-refractivity contribution is -0.121. The topological polar surface area (TPSA) is 63.2 Å². The minimum atomic E-state index is -0.310. The molecule has 0 aliphatic carbocycles. The lowest BCUT2D eigenvalue weighted by Crippen LogP contribution is -2.37. The maximum Gasteiger partial charge on any atom is 0.264 e. The first-order chi connectivity index (χ1) is 15.5. The highest BCUT2D eigenvalue weighted by molar-refractivity contribution is 7.80. The molecule has 2 N–H and O–H groups in total. The van der Waals surface area contributed by atoms with Gasteiger partial charge in [0.05, 0.1) is 15.2 Å². The van der Waals surface area contributed by atoms with Crippen LogP contribution in [0, 0.1) is 13.8 Å². The Balaban J connectivity index is 1.27. The summed E-state index contributed by atoms with van der Waals surface area (Å²) in [6.45, 7) is 3.86. The van der Waals surface area contributed by atoms with Crippen molar-refractivity contribution in [3.8, 4) is 5.75 Å². The van der Waals surface area contributed by atoms with Crippen molar-refractivity contribution in [1.29, 1.82) is 0 Å². The molecule has 0 aliphatic rings. The van der Waals surface area contributed by atoms with Gasteiger partial charge >= 0.3 is 0 Å². The molecule has 7 heteroatoms. The van der Waals surface area contributed by atoms with Crippen LogP contribution in [-0.2, 0) is 11.2 Å². The Labute approximate surface area is 196 Å². The van der Waals surface area contributed by atoms with Gasteiger partial charge in [0.1, 0.15) is 5.75 Å². The van der Waals surface area contributed by atoms with Crippen LogP contribution in [-0.4, -0.2) is 22.6 Å². The third-order valence-corrected chi connectivity index (χ3v) is 6.09. The van der Waals surface area contributed by atoms with Crippen molar-refractivity contribution in [2.75, 3.05) is 11.9 Å².